The molecule has 3 N–H and O–H groups in total. The van der Waals surface area contributed by atoms with Crippen LogP contribution in [0.15, 0.2) is 41.0 Å². The lowest BCUT2D eigenvalue weighted by Gasteiger charge is -2.19. The Morgan fingerprint density at radius 3 is 2.67 bits per heavy atom. The monoisotopic (exact) mass is 352 g/mol. The number of ether oxygens (including phenoxy) is 1. The molecule has 2 rings (SSSR count). The zero-order valence-electron chi connectivity index (χ0n) is 14.3. The van der Waals surface area contributed by atoms with Crippen LogP contribution in [-0.4, -0.2) is 19.1 Å². The first-order valence-electron chi connectivity index (χ1n) is 7.69. The molecule has 0 saturated carbocycles. The molecule has 2 aromatic rings. The van der Waals surface area contributed by atoms with Crippen molar-refractivity contribution in [2.45, 2.75) is 32.7 Å². The van der Waals surface area contributed by atoms with E-state index in [-0.39, 0.29) is 30.3 Å². The molecule has 0 aliphatic heterocycles. The van der Waals surface area contributed by atoms with Gasteiger partial charge in [-0.3, -0.25) is 4.79 Å². The number of hydrogen-bond acceptors (Lipinski definition) is 4. The van der Waals surface area contributed by atoms with Crippen LogP contribution in [0.2, 0.25) is 0 Å². The Balaban J connectivity index is 0.00000288. The zero-order chi connectivity index (χ0) is 16.9. The maximum atomic E-state index is 11.9. The normalized spacial score (nSPS) is 10.8. The first-order valence-corrected chi connectivity index (χ1v) is 7.69. The van der Waals surface area contributed by atoms with Gasteiger partial charge in [-0.2, -0.15) is 0 Å². The molecular formula is C18H25ClN2O3. The third-order valence-electron chi connectivity index (χ3n) is 3.47. The molecule has 5 nitrogen and oxygen atoms in total. The van der Waals surface area contributed by atoms with Crippen molar-refractivity contribution >= 4 is 18.3 Å². The third-order valence-corrected chi connectivity index (χ3v) is 3.47. The highest BCUT2D eigenvalue weighted by Crippen LogP contribution is 2.25. The Bertz CT molecular complexity index is 662. The molecule has 6 heteroatoms. The summed E-state index contributed by atoms with van der Waals surface area (Å²) in [6.07, 6.45) is 1.41. The maximum Gasteiger partial charge on any atom is 0.254 e. The first-order chi connectivity index (χ1) is 10.9. The van der Waals surface area contributed by atoms with Crippen molar-refractivity contribution in [3.8, 4) is 5.75 Å². The summed E-state index contributed by atoms with van der Waals surface area (Å²) in [6.45, 7) is 7.58. The lowest BCUT2D eigenvalue weighted by molar-refractivity contribution is 0.0946. The van der Waals surface area contributed by atoms with Gasteiger partial charge < -0.3 is 20.2 Å². The van der Waals surface area contributed by atoms with Crippen LogP contribution in [0.25, 0.3) is 0 Å². The van der Waals surface area contributed by atoms with Gasteiger partial charge in [-0.1, -0.05) is 32.9 Å². The highest BCUT2D eigenvalue weighted by Gasteiger charge is 2.14. The fourth-order valence-corrected chi connectivity index (χ4v) is 2.09. The van der Waals surface area contributed by atoms with E-state index in [0.29, 0.717) is 24.5 Å². The van der Waals surface area contributed by atoms with Crippen LogP contribution in [-0.2, 0) is 12.0 Å². The van der Waals surface area contributed by atoms with Gasteiger partial charge in [0.1, 0.15) is 24.4 Å². The summed E-state index contributed by atoms with van der Waals surface area (Å²) < 4.78 is 10.8. The Morgan fingerprint density at radius 2 is 2.04 bits per heavy atom. The average Bonchev–Trinajstić information content (AvgIpc) is 3.00. The van der Waals surface area contributed by atoms with Crippen molar-refractivity contribution in [2.24, 2.45) is 5.73 Å². The number of rotatable bonds is 6. The minimum Gasteiger partial charge on any atom is -0.492 e. The minimum atomic E-state index is -0.194. The van der Waals surface area contributed by atoms with Crippen LogP contribution in [0, 0.1) is 0 Å². The molecule has 1 amide bonds. The number of halogens is 1. The Hall–Kier alpha value is -1.98. The van der Waals surface area contributed by atoms with Gasteiger partial charge in [0.2, 0.25) is 0 Å². The Morgan fingerprint density at radius 1 is 1.29 bits per heavy atom. The highest BCUT2D eigenvalue weighted by atomic mass is 35.5. The second-order valence-corrected chi connectivity index (χ2v) is 6.39. The molecule has 0 saturated heterocycles. The summed E-state index contributed by atoms with van der Waals surface area (Å²) >= 11 is 0. The Kier molecular flexibility index (Phi) is 7.32. The summed E-state index contributed by atoms with van der Waals surface area (Å²) in [4.78, 5) is 11.9. The van der Waals surface area contributed by atoms with Gasteiger partial charge in [0.25, 0.3) is 5.91 Å². The first kappa shape index (κ1) is 20.1. The Labute approximate surface area is 149 Å². The number of carbonyl (C=O) groups is 1. The van der Waals surface area contributed by atoms with Crippen LogP contribution in [0.5, 0.6) is 5.75 Å². The van der Waals surface area contributed by atoms with E-state index in [2.05, 4.69) is 32.2 Å². The van der Waals surface area contributed by atoms with E-state index in [0.717, 1.165) is 5.75 Å². The number of carbonyl (C=O) groups excluding carboxylic acids is 1. The van der Waals surface area contributed by atoms with Crippen molar-refractivity contribution < 1.29 is 13.9 Å². The molecule has 132 valence electrons. The quantitative estimate of drug-likeness (QED) is 0.782. The average molecular weight is 353 g/mol. The molecule has 0 radical (unpaired) electrons. The van der Waals surface area contributed by atoms with Crippen molar-refractivity contribution in [3.05, 3.63) is 53.5 Å². The van der Waals surface area contributed by atoms with Crippen molar-refractivity contribution in [2.75, 3.05) is 13.2 Å². The van der Waals surface area contributed by atoms with E-state index >= 15 is 0 Å². The molecule has 0 atom stereocenters. The summed E-state index contributed by atoms with van der Waals surface area (Å²) in [7, 11) is 0. The fourth-order valence-electron chi connectivity index (χ4n) is 2.09. The van der Waals surface area contributed by atoms with Gasteiger partial charge >= 0.3 is 0 Å². The van der Waals surface area contributed by atoms with Crippen LogP contribution in [0.4, 0.5) is 0 Å². The number of amides is 1. The zero-order valence-corrected chi connectivity index (χ0v) is 15.1. The number of nitrogens with two attached hydrogens (primary N) is 1. The summed E-state index contributed by atoms with van der Waals surface area (Å²) in [6, 6.07) is 9.66. The predicted molar refractivity (Wildman–Crippen MR) is 96.8 cm³/mol. The van der Waals surface area contributed by atoms with E-state index in [4.69, 9.17) is 14.9 Å². The SMILES string of the molecule is CC(C)(C)c1cccc(OCCNC(=O)c2coc(CN)c2)c1.Cl. The predicted octanol–water partition coefficient (Wildman–Crippen LogP) is 3.27. The van der Waals surface area contributed by atoms with Gasteiger partial charge in [-0.25, -0.2) is 0 Å². The minimum absolute atomic E-state index is 0. The summed E-state index contributed by atoms with van der Waals surface area (Å²) in [5, 5.41) is 2.79. The fraction of sp³-hybridized carbons (Fsp3) is 0.389. The largest absolute Gasteiger partial charge is 0.492 e. The molecule has 0 unspecified atom stereocenters. The highest BCUT2D eigenvalue weighted by molar-refractivity contribution is 5.93. The second kappa shape index (κ2) is 8.76. The summed E-state index contributed by atoms with van der Waals surface area (Å²) in [5.74, 6) is 1.20. The maximum absolute atomic E-state index is 11.9. The van der Waals surface area contributed by atoms with Gasteiger partial charge in [0.15, 0.2) is 0 Å². The lowest BCUT2D eigenvalue weighted by atomic mass is 9.87. The third kappa shape index (κ3) is 5.58. The molecule has 1 aromatic heterocycles. The van der Waals surface area contributed by atoms with E-state index in [1.807, 2.05) is 18.2 Å². The molecule has 1 aromatic carbocycles. The van der Waals surface area contributed by atoms with Crippen LogP contribution >= 0.6 is 12.4 Å². The van der Waals surface area contributed by atoms with Crippen LogP contribution < -0.4 is 15.8 Å². The van der Waals surface area contributed by atoms with Crippen LogP contribution in [0.3, 0.4) is 0 Å². The number of furan rings is 1. The number of hydrogen-bond donors (Lipinski definition) is 2. The van der Waals surface area contributed by atoms with Crippen molar-refractivity contribution in [3.63, 3.8) is 0 Å². The van der Waals surface area contributed by atoms with E-state index in [1.165, 1.54) is 11.8 Å². The van der Waals surface area contributed by atoms with Gasteiger partial charge in [0, 0.05) is 0 Å². The van der Waals surface area contributed by atoms with Gasteiger partial charge in [0.05, 0.1) is 18.7 Å². The summed E-state index contributed by atoms with van der Waals surface area (Å²) in [5.41, 5.74) is 7.21. The topological polar surface area (TPSA) is 77.5 Å². The van der Waals surface area contributed by atoms with Crippen LogP contribution in [0.1, 0.15) is 42.5 Å². The molecule has 0 fully saturated rings. The molecule has 0 aliphatic rings. The van der Waals surface area contributed by atoms with Crippen molar-refractivity contribution in [1.82, 2.24) is 5.32 Å². The van der Waals surface area contributed by atoms with E-state index in [9.17, 15) is 4.79 Å². The number of benzene rings is 1. The van der Waals surface area contributed by atoms with Crippen molar-refractivity contribution in [1.29, 1.82) is 0 Å². The molecule has 0 aliphatic carbocycles. The molecule has 0 bridgehead atoms. The van der Waals surface area contributed by atoms with E-state index in [1.54, 1.807) is 6.07 Å². The molecule has 0 spiro atoms. The standard InChI is InChI=1S/C18H24N2O3.ClH/c1-18(2,3)14-5-4-6-15(10-14)22-8-7-20-17(21)13-9-16(11-19)23-12-13;/h4-6,9-10,12H,7-8,11,19H2,1-3H3,(H,20,21);1H. The number of nitrogens with one attached hydrogen (secondary N) is 1. The van der Waals surface area contributed by atoms with E-state index < -0.39 is 0 Å². The molecule has 1 heterocycles. The molecular weight excluding hydrogens is 328 g/mol. The lowest BCUT2D eigenvalue weighted by Crippen LogP contribution is -2.27. The van der Waals surface area contributed by atoms with Gasteiger partial charge in [-0.15, -0.1) is 12.4 Å². The van der Waals surface area contributed by atoms with Gasteiger partial charge in [-0.05, 0) is 29.2 Å². The smallest absolute Gasteiger partial charge is 0.254 e. The second-order valence-electron chi connectivity index (χ2n) is 6.39. The molecule has 24 heavy (non-hydrogen) atoms.